The van der Waals surface area contributed by atoms with Gasteiger partial charge in [-0.25, -0.2) is 13.2 Å². The zero-order chi connectivity index (χ0) is 12.4. The molecule has 0 nitrogen and oxygen atoms in total. The maximum absolute atomic E-state index is 13.6. The van der Waals surface area contributed by atoms with Gasteiger partial charge in [0.05, 0.1) is 0 Å². The fourth-order valence-electron chi connectivity index (χ4n) is 1.65. The Morgan fingerprint density at radius 1 is 0.824 bits per heavy atom. The van der Waals surface area contributed by atoms with Crippen molar-refractivity contribution in [3.8, 4) is 11.1 Å². The summed E-state index contributed by atoms with van der Waals surface area (Å²) in [5.41, 5.74) is 1.18. The molecule has 0 atom stereocenters. The van der Waals surface area contributed by atoms with Crippen LogP contribution in [-0.4, -0.2) is 0 Å². The normalized spacial score (nSPS) is 10.3. The van der Waals surface area contributed by atoms with E-state index >= 15 is 0 Å². The first kappa shape index (κ1) is 11.5. The van der Waals surface area contributed by atoms with Crippen molar-refractivity contribution < 1.29 is 13.2 Å². The smallest absolute Gasteiger partial charge is 0.195 e. The summed E-state index contributed by atoms with van der Waals surface area (Å²) in [6.07, 6.45) is 1.54. The Morgan fingerprint density at radius 2 is 1.53 bits per heavy atom. The molecule has 0 N–H and O–H groups in total. The first-order valence-corrected chi connectivity index (χ1v) is 5.00. The van der Waals surface area contributed by atoms with Crippen LogP contribution in [0.25, 0.3) is 17.2 Å². The summed E-state index contributed by atoms with van der Waals surface area (Å²) in [6.45, 7) is 3.60. The van der Waals surface area contributed by atoms with Crippen molar-refractivity contribution in [1.82, 2.24) is 0 Å². The van der Waals surface area contributed by atoms with Crippen molar-refractivity contribution >= 4 is 6.08 Å². The molecule has 0 unspecified atom stereocenters. The van der Waals surface area contributed by atoms with E-state index < -0.39 is 17.5 Å². The van der Waals surface area contributed by atoms with Crippen molar-refractivity contribution in [2.45, 2.75) is 0 Å². The third kappa shape index (κ3) is 1.96. The summed E-state index contributed by atoms with van der Waals surface area (Å²) in [5.74, 6) is -3.83. The van der Waals surface area contributed by atoms with Crippen LogP contribution in [0.5, 0.6) is 0 Å². The highest BCUT2D eigenvalue weighted by Crippen LogP contribution is 2.29. The fourth-order valence-corrected chi connectivity index (χ4v) is 1.65. The molecule has 2 rings (SSSR count). The Hall–Kier alpha value is -2.03. The van der Waals surface area contributed by atoms with Gasteiger partial charge in [0, 0.05) is 5.56 Å². The van der Waals surface area contributed by atoms with Crippen LogP contribution >= 0.6 is 0 Å². The second kappa shape index (κ2) is 4.45. The molecule has 0 aliphatic heterocycles. The van der Waals surface area contributed by atoms with E-state index in [0.29, 0.717) is 11.1 Å². The Balaban J connectivity index is 2.69. The molecule has 17 heavy (non-hydrogen) atoms. The molecule has 0 radical (unpaired) electrons. The quantitative estimate of drug-likeness (QED) is 0.675. The summed E-state index contributed by atoms with van der Waals surface area (Å²) in [4.78, 5) is 0. The molecule has 0 saturated heterocycles. The van der Waals surface area contributed by atoms with Crippen LogP contribution in [-0.2, 0) is 0 Å². The van der Waals surface area contributed by atoms with E-state index in [9.17, 15) is 13.2 Å². The van der Waals surface area contributed by atoms with Gasteiger partial charge in [-0.15, -0.1) is 0 Å². The van der Waals surface area contributed by atoms with Gasteiger partial charge in [-0.1, -0.05) is 36.9 Å². The Labute approximate surface area is 97.0 Å². The molecule has 0 bridgehead atoms. The average Bonchev–Trinajstić information content (AvgIpc) is 2.36. The van der Waals surface area contributed by atoms with E-state index in [2.05, 4.69) is 6.58 Å². The highest BCUT2D eigenvalue weighted by molar-refractivity contribution is 5.75. The first-order valence-electron chi connectivity index (χ1n) is 5.00. The van der Waals surface area contributed by atoms with Gasteiger partial charge in [-0.05, 0) is 23.3 Å². The maximum atomic E-state index is 13.6. The van der Waals surface area contributed by atoms with E-state index in [-0.39, 0.29) is 5.56 Å². The van der Waals surface area contributed by atoms with Crippen LogP contribution in [0.4, 0.5) is 13.2 Å². The third-order valence-electron chi connectivity index (χ3n) is 2.51. The molecular formula is C14H9F3. The van der Waals surface area contributed by atoms with Crippen LogP contribution < -0.4 is 0 Å². The maximum Gasteiger partial charge on any atom is 0.195 e. The fraction of sp³-hybridized carbons (Fsp3) is 0. The second-order valence-corrected chi connectivity index (χ2v) is 3.51. The number of hydrogen-bond donors (Lipinski definition) is 0. The first-order chi connectivity index (χ1) is 8.15. The number of hydrogen-bond acceptors (Lipinski definition) is 0. The van der Waals surface area contributed by atoms with E-state index in [1.807, 2.05) is 0 Å². The highest BCUT2D eigenvalue weighted by Gasteiger charge is 2.15. The van der Waals surface area contributed by atoms with Gasteiger partial charge in [0.2, 0.25) is 0 Å². The summed E-state index contributed by atoms with van der Waals surface area (Å²) in [6, 6.07) is 8.95. The van der Waals surface area contributed by atoms with Crippen LogP contribution in [0.2, 0.25) is 0 Å². The lowest BCUT2D eigenvalue weighted by Crippen LogP contribution is -1.95. The van der Waals surface area contributed by atoms with Crippen molar-refractivity contribution in [1.29, 1.82) is 0 Å². The molecule has 0 saturated carbocycles. The Morgan fingerprint density at radius 3 is 2.24 bits per heavy atom. The zero-order valence-corrected chi connectivity index (χ0v) is 8.88. The highest BCUT2D eigenvalue weighted by atomic mass is 19.2. The van der Waals surface area contributed by atoms with E-state index in [4.69, 9.17) is 0 Å². The zero-order valence-electron chi connectivity index (χ0n) is 8.88. The van der Waals surface area contributed by atoms with Gasteiger partial charge in [-0.3, -0.25) is 0 Å². The second-order valence-electron chi connectivity index (χ2n) is 3.51. The standard InChI is InChI=1S/C14H9F3/c1-2-9-5-3-4-6-10(9)11-7-8-12(15)14(17)13(11)16/h2-8H,1H2. The van der Waals surface area contributed by atoms with Gasteiger partial charge < -0.3 is 0 Å². The molecule has 0 amide bonds. The topological polar surface area (TPSA) is 0 Å². The molecule has 0 fully saturated rings. The molecule has 2 aromatic rings. The number of rotatable bonds is 2. The predicted molar refractivity (Wildman–Crippen MR) is 61.8 cm³/mol. The summed E-state index contributed by atoms with van der Waals surface area (Å²) in [5, 5.41) is 0. The van der Waals surface area contributed by atoms with Crippen LogP contribution in [0.3, 0.4) is 0 Å². The summed E-state index contributed by atoms with van der Waals surface area (Å²) in [7, 11) is 0. The Kier molecular flexibility index (Phi) is 3.00. The molecule has 2 aromatic carbocycles. The van der Waals surface area contributed by atoms with Crippen LogP contribution in [0, 0.1) is 17.5 Å². The minimum atomic E-state index is -1.46. The minimum Gasteiger partial charge on any atom is -0.204 e. The van der Waals surface area contributed by atoms with Gasteiger partial charge in [-0.2, -0.15) is 0 Å². The lowest BCUT2D eigenvalue weighted by Gasteiger charge is -2.08. The van der Waals surface area contributed by atoms with E-state index in [1.165, 1.54) is 12.1 Å². The Bertz CT molecular complexity index is 574. The molecule has 86 valence electrons. The van der Waals surface area contributed by atoms with Gasteiger partial charge in [0.25, 0.3) is 0 Å². The van der Waals surface area contributed by atoms with Crippen molar-refractivity contribution in [3.63, 3.8) is 0 Å². The molecule has 0 aliphatic carbocycles. The van der Waals surface area contributed by atoms with E-state index in [1.54, 1.807) is 24.3 Å². The summed E-state index contributed by atoms with van der Waals surface area (Å²) < 4.78 is 39.6. The third-order valence-corrected chi connectivity index (χ3v) is 2.51. The SMILES string of the molecule is C=Cc1ccccc1-c1ccc(F)c(F)c1F. The number of halogens is 3. The van der Waals surface area contributed by atoms with Crippen LogP contribution in [0.1, 0.15) is 5.56 Å². The van der Waals surface area contributed by atoms with Crippen molar-refractivity contribution in [2.75, 3.05) is 0 Å². The molecule has 0 aliphatic rings. The summed E-state index contributed by atoms with van der Waals surface area (Å²) >= 11 is 0. The minimum absolute atomic E-state index is 0.0272. The molecule has 0 spiro atoms. The molecule has 0 heterocycles. The van der Waals surface area contributed by atoms with Gasteiger partial charge in [0.15, 0.2) is 17.5 Å². The molecular weight excluding hydrogens is 225 g/mol. The van der Waals surface area contributed by atoms with Crippen molar-refractivity contribution in [2.24, 2.45) is 0 Å². The van der Waals surface area contributed by atoms with E-state index in [0.717, 1.165) is 6.07 Å². The molecule has 3 heteroatoms. The lowest BCUT2D eigenvalue weighted by atomic mass is 9.99. The van der Waals surface area contributed by atoms with Gasteiger partial charge >= 0.3 is 0 Å². The van der Waals surface area contributed by atoms with Crippen molar-refractivity contribution in [3.05, 3.63) is 66.0 Å². The number of benzene rings is 2. The van der Waals surface area contributed by atoms with Gasteiger partial charge in [0.1, 0.15) is 0 Å². The lowest BCUT2D eigenvalue weighted by molar-refractivity contribution is 0.449. The van der Waals surface area contributed by atoms with Crippen LogP contribution in [0.15, 0.2) is 43.0 Å². The predicted octanol–water partition coefficient (Wildman–Crippen LogP) is 4.41. The average molecular weight is 234 g/mol. The largest absolute Gasteiger partial charge is 0.204 e. The molecule has 0 aromatic heterocycles. The monoisotopic (exact) mass is 234 g/mol.